The van der Waals surface area contributed by atoms with E-state index in [9.17, 15) is 9.59 Å². The summed E-state index contributed by atoms with van der Waals surface area (Å²) in [5, 5.41) is 4.84. The number of carbonyl (C=O) groups excluding carboxylic acids is 2. The summed E-state index contributed by atoms with van der Waals surface area (Å²) in [5.74, 6) is -0.385. The normalized spacial score (nSPS) is 15.8. The first-order chi connectivity index (χ1) is 15.1. The highest BCUT2D eigenvalue weighted by Crippen LogP contribution is 2.38. The number of nitrogens with zero attached hydrogens (tertiary/aromatic N) is 1. The van der Waals surface area contributed by atoms with Gasteiger partial charge >= 0.3 is 0 Å². The number of carbonyl (C=O) groups is 2. The Balaban J connectivity index is 1.71. The van der Waals surface area contributed by atoms with Gasteiger partial charge in [-0.25, -0.2) is 0 Å². The minimum absolute atomic E-state index is 0.0338. The summed E-state index contributed by atoms with van der Waals surface area (Å²) in [6, 6.07) is 28.7. The SMILES string of the molecule is O=C1CN(C(=O)c2cccc3ccccc23)C(c2ccccc2)c2cc(Br)ccc2N1. The molecule has 1 unspecified atom stereocenters. The molecule has 1 N–H and O–H groups in total. The highest BCUT2D eigenvalue weighted by molar-refractivity contribution is 9.10. The lowest BCUT2D eigenvalue weighted by Crippen LogP contribution is -2.39. The van der Waals surface area contributed by atoms with Gasteiger partial charge < -0.3 is 10.2 Å². The van der Waals surface area contributed by atoms with E-state index >= 15 is 0 Å². The molecule has 4 aromatic carbocycles. The van der Waals surface area contributed by atoms with Crippen LogP contribution in [0.15, 0.2) is 95.5 Å². The third-order valence-corrected chi connectivity index (χ3v) is 6.10. The third kappa shape index (κ3) is 3.62. The monoisotopic (exact) mass is 470 g/mol. The minimum Gasteiger partial charge on any atom is -0.324 e. The van der Waals surface area contributed by atoms with Gasteiger partial charge in [0.1, 0.15) is 6.54 Å². The Kier molecular flexibility index (Phi) is 5.04. The Bertz CT molecular complexity index is 1300. The van der Waals surface area contributed by atoms with Gasteiger partial charge in [0.2, 0.25) is 5.91 Å². The molecule has 4 aromatic rings. The second-order valence-electron chi connectivity index (χ2n) is 7.55. The molecule has 0 saturated heterocycles. The van der Waals surface area contributed by atoms with E-state index in [0.717, 1.165) is 32.1 Å². The van der Waals surface area contributed by atoms with Gasteiger partial charge in [-0.1, -0.05) is 82.7 Å². The fourth-order valence-corrected chi connectivity index (χ4v) is 4.61. The van der Waals surface area contributed by atoms with E-state index in [0.29, 0.717) is 5.56 Å². The molecular formula is C26H19BrN2O2. The molecule has 0 saturated carbocycles. The second-order valence-corrected chi connectivity index (χ2v) is 8.47. The zero-order valence-electron chi connectivity index (χ0n) is 16.6. The summed E-state index contributed by atoms with van der Waals surface area (Å²) in [4.78, 5) is 28.4. The summed E-state index contributed by atoms with van der Waals surface area (Å²) >= 11 is 3.55. The van der Waals surface area contributed by atoms with Crippen molar-refractivity contribution in [1.82, 2.24) is 4.90 Å². The lowest BCUT2D eigenvalue weighted by molar-refractivity contribution is -0.117. The molecule has 0 spiro atoms. The van der Waals surface area contributed by atoms with Crippen LogP contribution in [0.5, 0.6) is 0 Å². The number of rotatable bonds is 2. The molecular weight excluding hydrogens is 452 g/mol. The highest BCUT2D eigenvalue weighted by Gasteiger charge is 2.34. The average molecular weight is 471 g/mol. The van der Waals surface area contributed by atoms with Crippen molar-refractivity contribution in [3.05, 3.63) is 112 Å². The van der Waals surface area contributed by atoms with Crippen LogP contribution in [-0.4, -0.2) is 23.3 Å². The van der Waals surface area contributed by atoms with Crippen molar-refractivity contribution in [2.45, 2.75) is 6.04 Å². The fourth-order valence-electron chi connectivity index (χ4n) is 4.23. The number of benzene rings is 4. The Morgan fingerprint density at radius 2 is 1.65 bits per heavy atom. The topological polar surface area (TPSA) is 49.4 Å². The van der Waals surface area contributed by atoms with E-state index in [1.54, 1.807) is 4.90 Å². The Morgan fingerprint density at radius 3 is 2.48 bits per heavy atom. The number of anilines is 1. The lowest BCUT2D eigenvalue weighted by Gasteiger charge is -2.31. The van der Waals surface area contributed by atoms with Crippen LogP contribution < -0.4 is 5.32 Å². The van der Waals surface area contributed by atoms with E-state index in [2.05, 4.69) is 21.2 Å². The maximum Gasteiger partial charge on any atom is 0.255 e. The van der Waals surface area contributed by atoms with E-state index in [1.165, 1.54) is 0 Å². The number of amides is 2. The summed E-state index contributed by atoms with van der Waals surface area (Å²) in [6.45, 7) is -0.0338. The van der Waals surface area contributed by atoms with Gasteiger partial charge in [-0.15, -0.1) is 0 Å². The molecule has 0 bridgehead atoms. The van der Waals surface area contributed by atoms with Crippen LogP contribution in [0.1, 0.15) is 27.5 Å². The first-order valence-electron chi connectivity index (χ1n) is 10.0. The van der Waals surface area contributed by atoms with Gasteiger partial charge in [0, 0.05) is 21.3 Å². The molecule has 5 rings (SSSR count). The van der Waals surface area contributed by atoms with Crippen LogP contribution in [0.2, 0.25) is 0 Å². The standard InChI is InChI=1S/C26H19BrN2O2/c27-19-13-14-23-22(15-19)25(18-8-2-1-3-9-18)29(16-24(30)28-23)26(31)21-12-6-10-17-7-4-5-11-20(17)21/h1-15,25H,16H2,(H,28,30). The van der Waals surface area contributed by atoms with Crippen molar-refractivity contribution in [2.24, 2.45) is 0 Å². The van der Waals surface area contributed by atoms with Crippen LogP contribution in [-0.2, 0) is 4.79 Å². The Morgan fingerprint density at radius 1 is 0.903 bits per heavy atom. The van der Waals surface area contributed by atoms with Gasteiger partial charge in [0.25, 0.3) is 5.91 Å². The highest BCUT2D eigenvalue weighted by atomic mass is 79.9. The van der Waals surface area contributed by atoms with Gasteiger partial charge in [-0.3, -0.25) is 9.59 Å². The molecule has 2 amide bonds. The first kappa shape index (κ1) is 19.5. The fraction of sp³-hybridized carbons (Fsp3) is 0.0769. The quantitative estimate of drug-likeness (QED) is 0.403. The van der Waals surface area contributed by atoms with E-state index in [-0.39, 0.29) is 18.4 Å². The molecule has 1 aliphatic rings. The van der Waals surface area contributed by atoms with Crippen LogP contribution in [0, 0.1) is 0 Å². The molecule has 31 heavy (non-hydrogen) atoms. The third-order valence-electron chi connectivity index (χ3n) is 5.60. The van der Waals surface area contributed by atoms with E-state index in [1.807, 2.05) is 91.0 Å². The molecule has 4 nitrogen and oxygen atoms in total. The van der Waals surface area contributed by atoms with Crippen LogP contribution >= 0.6 is 15.9 Å². The number of nitrogens with one attached hydrogen (secondary N) is 1. The van der Waals surface area contributed by atoms with Crippen molar-refractivity contribution in [3.8, 4) is 0 Å². The lowest BCUT2D eigenvalue weighted by atomic mass is 9.94. The van der Waals surface area contributed by atoms with E-state index in [4.69, 9.17) is 0 Å². The molecule has 0 aliphatic carbocycles. The van der Waals surface area contributed by atoms with Crippen LogP contribution in [0.4, 0.5) is 5.69 Å². The molecule has 152 valence electrons. The van der Waals surface area contributed by atoms with Crippen molar-refractivity contribution >= 4 is 44.2 Å². The summed E-state index contributed by atoms with van der Waals surface area (Å²) in [7, 11) is 0. The van der Waals surface area contributed by atoms with Gasteiger partial charge in [0.15, 0.2) is 0 Å². The maximum atomic E-state index is 13.9. The summed E-state index contributed by atoms with van der Waals surface area (Å²) in [6.07, 6.45) is 0. The number of fused-ring (bicyclic) bond motifs is 2. The van der Waals surface area contributed by atoms with Crippen molar-refractivity contribution in [1.29, 1.82) is 0 Å². The van der Waals surface area contributed by atoms with Crippen molar-refractivity contribution in [2.75, 3.05) is 11.9 Å². The van der Waals surface area contributed by atoms with Gasteiger partial charge in [-0.05, 0) is 40.6 Å². The zero-order chi connectivity index (χ0) is 21.4. The maximum absolute atomic E-state index is 13.9. The van der Waals surface area contributed by atoms with E-state index < -0.39 is 6.04 Å². The van der Waals surface area contributed by atoms with Crippen LogP contribution in [0.3, 0.4) is 0 Å². The predicted molar refractivity (Wildman–Crippen MR) is 126 cm³/mol. The molecule has 1 aliphatic heterocycles. The van der Waals surface area contributed by atoms with Crippen LogP contribution in [0.25, 0.3) is 10.8 Å². The van der Waals surface area contributed by atoms with Crippen molar-refractivity contribution in [3.63, 3.8) is 0 Å². The molecule has 5 heteroatoms. The average Bonchev–Trinajstić information content (AvgIpc) is 2.94. The second kappa shape index (κ2) is 8.00. The molecule has 0 aromatic heterocycles. The molecule has 0 radical (unpaired) electrons. The largest absolute Gasteiger partial charge is 0.324 e. The molecule has 1 heterocycles. The zero-order valence-corrected chi connectivity index (χ0v) is 18.2. The predicted octanol–water partition coefficient (Wildman–Crippen LogP) is 5.79. The number of halogens is 1. The molecule has 1 atom stereocenters. The molecule has 0 fully saturated rings. The first-order valence-corrected chi connectivity index (χ1v) is 10.8. The van der Waals surface area contributed by atoms with Crippen molar-refractivity contribution < 1.29 is 9.59 Å². The summed E-state index contributed by atoms with van der Waals surface area (Å²) < 4.78 is 0.890. The number of hydrogen-bond donors (Lipinski definition) is 1. The Labute approximate surface area is 188 Å². The van der Waals surface area contributed by atoms with Gasteiger partial charge in [0.05, 0.1) is 6.04 Å². The Hall–Kier alpha value is -3.44. The van der Waals surface area contributed by atoms with Gasteiger partial charge in [-0.2, -0.15) is 0 Å². The smallest absolute Gasteiger partial charge is 0.255 e. The minimum atomic E-state index is -0.404. The summed E-state index contributed by atoms with van der Waals surface area (Å²) in [5.41, 5.74) is 3.13. The number of hydrogen-bond acceptors (Lipinski definition) is 2.